The van der Waals surface area contributed by atoms with Crippen molar-refractivity contribution in [2.75, 3.05) is 16.4 Å². The highest BCUT2D eigenvalue weighted by molar-refractivity contribution is 7.99. The zero-order chi connectivity index (χ0) is 22.7. The van der Waals surface area contributed by atoms with Gasteiger partial charge in [-0.25, -0.2) is 9.67 Å². The maximum Gasteiger partial charge on any atom is 0.262 e. The number of carbonyl (C=O) groups excluding carboxylic acids is 2. The van der Waals surface area contributed by atoms with Crippen molar-refractivity contribution in [3.05, 3.63) is 70.1 Å². The summed E-state index contributed by atoms with van der Waals surface area (Å²) in [5, 5.41) is 10.9. The molecule has 2 aromatic carbocycles. The van der Waals surface area contributed by atoms with Crippen LogP contribution in [0.2, 0.25) is 5.02 Å². The summed E-state index contributed by atoms with van der Waals surface area (Å²) in [6, 6.07) is 13.7. The number of rotatable bonds is 6. The lowest BCUT2D eigenvalue weighted by Crippen LogP contribution is -2.15. The number of anilines is 2. The molecule has 0 fully saturated rings. The molecule has 0 bridgehead atoms. The summed E-state index contributed by atoms with van der Waals surface area (Å²) in [4.78, 5) is 43.0. The number of thioether (sulfide) groups is 1. The van der Waals surface area contributed by atoms with Crippen molar-refractivity contribution < 1.29 is 9.59 Å². The molecule has 0 unspecified atom stereocenters. The van der Waals surface area contributed by atoms with E-state index in [0.29, 0.717) is 38.3 Å². The SMILES string of the molecule is CC(=O)Nc1ccc(NC(=O)CSc2nc3c(cnn3-c3ccc(Cl)cc3)c(=O)[nH]2)cc1. The zero-order valence-corrected chi connectivity index (χ0v) is 18.3. The van der Waals surface area contributed by atoms with E-state index in [2.05, 4.69) is 25.7 Å². The maximum absolute atomic E-state index is 12.4. The third-order valence-corrected chi connectivity index (χ3v) is 5.44. The Morgan fingerprint density at radius 3 is 2.38 bits per heavy atom. The topological polar surface area (TPSA) is 122 Å². The molecular weight excluding hydrogens is 452 g/mol. The fourth-order valence-corrected chi connectivity index (χ4v) is 3.69. The Morgan fingerprint density at radius 2 is 1.72 bits per heavy atom. The molecule has 0 saturated heterocycles. The van der Waals surface area contributed by atoms with Gasteiger partial charge in [-0.05, 0) is 48.5 Å². The van der Waals surface area contributed by atoms with Crippen LogP contribution in [-0.2, 0) is 9.59 Å². The molecule has 4 rings (SSSR count). The Hall–Kier alpha value is -3.63. The summed E-state index contributed by atoms with van der Waals surface area (Å²) in [6.45, 7) is 1.42. The van der Waals surface area contributed by atoms with Gasteiger partial charge in [-0.3, -0.25) is 14.4 Å². The van der Waals surface area contributed by atoms with Crippen molar-refractivity contribution in [3.63, 3.8) is 0 Å². The van der Waals surface area contributed by atoms with Gasteiger partial charge in [0.05, 0.1) is 17.6 Å². The standard InChI is InChI=1S/C21H17ClN6O3S/c1-12(29)24-14-4-6-15(7-5-14)25-18(30)11-32-21-26-19-17(20(31)27-21)10-23-28(19)16-8-2-13(22)3-9-16/h2-10H,11H2,1H3,(H,24,29)(H,25,30)(H,26,27,31). The number of nitrogens with one attached hydrogen (secondary N) is 3. The molecule has 9 nitrogen and oxygen atoms in total. The molecule has 0 aliphatic carbocycles. The van der Waals surface area contributed by atoms with Crippen LogP contribution in [0.3, 0.4) is 0 Å². The van der Waals surface area contributed by atoms with Crippen molar-refractivity contribution in [3.8, 4) is 5.69 Å². The fourth-order valence-electron chi connectivity index (χ4n) is 2.91. The van der Waals surface area contributed by atoms with Gasteiger partial charge < -0.3 is 15.6 Å². The summed E-state index contributed by atoms with van der Waals surface area (Å²) in [5.41, 5.74) is 1.97. The second-order valence-corrected chi connectivity index (χ2v) is 8.14. The minimum absolute atomic E-state index is 0.0387. The average Bonchev–Trinajstić information content (AvgIpc) is 3.18. The van der Waals surface area contributed by atoms with E-state index in [9.17, 15) is 14.4 Å². The van der Waals surface area contributed by atoms with E-state index in [0.717, 1.165) is 11.8 Å². The number of halogens is 1. The Balaban J connectivity index is 1.46. The van der Waals surface area contributed by atoms with Crippen molar-refractivity contribution in [1.82, 2.24) is 19.7 Å². The van der Waals surface area contributed by atoms with Gasteiger partial charge in [0, 0.05) is 23.3 Å². The summed E-state index contributed by atoms with van der Waals surface area (Å²) >= 11 is 7.04. The van der Waals surface area contributed by atoms with Crippen LogP contribution < -0.4 is 16.2 Å². The first-order valence-corrected chi connectivity index (χ1v) is 10.8. The van der Waals surface area contributed by atoms with Crippen LogP contribution in [0.1, 0.15) is 6.92 Å². The second kappa shape index (κ2) is 9.25. The van der Waals surface area contributed by atoms with Crippen LogP contribution in [0, 0.1) is 0 Å². The summed E-state index contributed by atoms with van der Waals surface area (Å²) in [5.74, 6) is -0.401. The number of aromatic nitrogens is 4. The van der Waals surface area contributed by atoms with Gasteiger partial charge >= 0.3 is 0 Å². The smallest absolute Gasteiger partial charge is 0.262 e. The van der Waals surface area contributed by atoms with E-state index < -0.39 is 0 Å². The quantitative estimate of drug-likeness (QED) is 0.294. The number of nitrogens with zero attached hydrogens (tertiary/aromatic N) is 3. The third kappa shape index (κ3) is 4.98. The molecule has 2 heterocycles. The highest BCUT2D eigenvalue weighted by Crippen LogP contribution is 2.20. The molecule has 2 amide bonds. The molecule has 0 saturated carbocycles. The Morgan fingerprint density at radius 1 is 1.06 bits per heavy atom. The highest BCUT2D eigenvalue weighted by atomic mass is 35.5. The van der Waals surface area contributed by atoms with E-state index >= 15 is 0 Å². The number of carbonyl (C=O) groups is 2. The number of hydrogen-bond donors (Lipinski definition) is 3. The van der Waals surface area contributed by atoms with E-state index in [1.54, 1.807) is 53.2 Å². The molecule has 0 atom stereocenters. The largest absolute Gasteiger partial charge is 0.326 e. The number of benzene rings is 2. The third-order valence-electron chi connectivity index (χ3n) is 4.32. The van der Waals surface area contributed by atoms with Crippen LogP contribution in [0.4, 0.5) is 11.4 Å². The molecule has 0 aliphatic rings. The molecule has 4 aromatic rings. The first kappa shape index (κ1) is 21.6. The first-order chi connectivity index (χ1) is 15.4. The second-order valence-electron chi connectivity index (χ2n) is 6.74. The van der Waals surface area contributed by atoms with Gasteiger partial charge in [-0.1, -0.05) is 23.4 Å². The highest BCUT2D eigenvalue weighted by Gasteiger charge is 2.13. The number of amides is 2. The Labute approximate surface area is 191 Å². The number of aromatic amines is 1. The predicted molar refractivity (Wildman–Crippen MR) is 125 cm³/mol. The van der Waals surface area contributed by atoms with Crippen LogP contribution >= 0.6 is 23.4 Å². The van der Waals surface area contributed by atoms with E-state index in [-0.39, 0.29) is 23.1 Å². The number of hydrogen-bond acceptors (Lipinski definition) is 6. The molecule has 162 valence electrons. The predicted octanol–water partition coefficient (Wildman–Crippen LogP) is 3.45. The fraction of sp³-hybridized carbons (Fsp3) is 0.0952. The van der Waals surface area contributed by atoms with Gasteiger partial charge in [0.25, 0.3) is 5.56 Å². The average molecular weight is 469 g/mol. The lowest BCUT2D eigenvalue weighted by atomic mass is 10.3. The van der Waals surface area contributed by atoms with Gasteiger partial charge in [0.2, 0.25) is 11.8 Å². The van der Waals surface area contributed by atoms with Crippen LogP contribution in [0.5, 0.6) is 0 Å². The molecule has 0 aliphatic heterocycles. The van der Waals surface area contributed by atoms with Crippen molar-refractivity contribution in [2.24, 2.45) is 0 Å². The molecule has 0 spiro atoms. The zero-order valence-electron chi connectivity index (χ0n) is 16.8. The van der Waals surface area contributed by atoms with Crippen LogP contribution in [-0.4, -0.2) is 37.3 Å². The molecule has 32 heavy (non-hydrogen) atoms. The summed E-state index contributed by atoms with van der Waals surface area (Å²) in [7, 11) is 0. The van der Waals surface area contributed by atoms with Gasteiger partial charge in [-0.2, -0.15) is 5.10 Å². The monoisotopic (exact) mass is 468 g/mol. The number of H-pyrrole nitrogens is 1. The summed E-state index contributed by atoms with van der Waals surface area (Å²) in [6.07, 6.45) is 1.45. The van der Waals surface area contributed by atoms with Crippen molar-refractivity contribution >= 4 is 57.6 Å². The molecule has 11 heteroatoms. The van der Waals surface area contributed by atoms with Crippen LogP contribution in [0.15, 0.2) is 64.7 Å². The lowest BCUT2D eigenvalue weighted by molar-refractivity contribution is -0.114. The Bertz CT molecular complexity index is 1350. The summed E-state index contributed by atoms with van der Waals surface area (Å²) < 4.78 is 1.54. The Kier molecular flexibility index (Phi) is 6.24. The van der Waals surface area contributed by atoms with E-state index in [4.69, 9.17) is 11.6 Å². The molecule has 2 aromatic heterocycles. The molecular formula is C21H17ClN6O3S. The van der Waals surface area contributed by atoms with Crippen LogP contribution in [0.25, 0.3) is 16.7 Å². The first-order valence-electron chi connectivity index (χ1n) is 9.43. The van der Waals surface area contributed by atoms with E-state index in [1.807, 2.05) is 0 Å². The minimum atomic E-state index is -0.341. The van der Waals surface area contributed by atoms with Crippen molar-refractivity contribution in [2.45, 2.75) is 12.1 Å². The number of fused-ring (bicyclic) bond motifs is 1. The van der Waals surface area contributed by atoms with E-state index in [1.165, 1.54) is 13.1 Å². The normalized spacial score (nSPS) is 10.8. The van der Waals surface area contributed by atoms with Gasteiger partial charge in [0.15, 0.2) is 10.8 Å². The minimum Gasteiger partial charge on any atom is -0.326 e. The van der Waals surface area contributed by atoms with Gasteiger partial charge in [-0.15, -0.1) is 0 Å². The molecule has 3 N–H and O–H groups in total. The van der Waals surface area contributed by atoms with Crippen molar-refractivity contribution in [1.29, 1.82) is 0 Å². The molecule has 0 radical (unpaired) electrons. The maximum atomic E-state index is 12.4. The van der Waals surface area contributed by atoms with Gasteiger partial charge in [0.1, 0.15) is 5.39 Å². The lowest BCUT2D eigenvalue weighted by Gasteiger charge is -2.07.